The van der Waals surface area contributed by atoms with Gasteiger partial charge in [-0.25, -0.2) is 4.39 Å². The van der Waals surface area contributed by atoms with Crippen molar-refractivity contribution >= 4 is 21.9 Å². The minimum Gasteiger partial charge on any atom is -0.375 e. The molecule has 0 aliphatic carbocycles. The largest absolute Gasteiger partial charge is 0.375 e. The highest BCUT2D eigenvalue weighted by molar-refractivity contribution is 9.10. The molecule has 24 heavy (non-hydrogen) atoms. The first-order chi connectivity index (χ1) is 11.7. The lowest BCUT2D eigenvalue weighted by molar-refractivity contribution is -0.0817. The highest BCUT2D eigenvalue weighted by Gasteiger charge is 2.32. The van der Waals surface area contributed by atoms with Crippen molar-refractivity contribution in [1.29, 1.82) is 0 Å². The van der Waals surface area contributed by atoms with Crippen LogP contribution in [0.25, 0.3) is 0 Å². The Balaban J connectivity index is 1.59. The summed E-state index contributed by atoms with van der Waals surface area (Å²) in [6.07, 6.45) is 2.40. The maximum absolute atomic E-state index is 14.0. The Kier molecular flexibility index (Phi) is 6.08. The molecule has 0 radical (unpaired) electrons. The fourth-order valence-corrected chi connectivity index (χ4v) is 3.49. The lowest BCUT2D eigenvalue weighted by Crippen LogP contribution is -2.53. The minimum atomic E-state index is -0.230. The third-order valence-corrected chi connectivity index (χ3v) is 4.93. The van der Waals surface area contributed by atoms with Gasteiger partial charge in [0.1, 0.15) is 11.9 Å². The fourth-order valence-electron chi connectivity index (χ4n) is 3.16. The predicted octanol–water partition coefficient (Wildman–Crippen LogP) is 2.54. The minimum absolute atomic E-state index is 0.0733. The van der Waals surface area contributed by atoms with Crippen molar-refractivity contribution < 1.29 is 13.9 Å². The molecule has 2 fully saturated rings. The second kappa shape index (κ2) is 8.27. The second-order valence-electron chi connectivity index (χ2n) is 6.04. The zero-order valence-corrected chi connectivity index (χ0v) is 15.4. The average Bonchev–Trinajstić information content (AvgIpc) is 3.12. The van der Waals surface area contributed by atoms with Crippen LogP contribution in [-0.4, -0.2) is 56.4 Å². The first-order valence-electron chi connectivity index (χ1n) is 8.30. The van der Waals surface area contributed by atoms with Crippen LogP contribution in [0.1, 0.15) is 18.4 Å². The zero-order valence-electron chi connectivity index (χ0n) is 13.8. The summed E-state index contributed by atoms with van der Waals surface area (Å²) < 4.78 is 26.3. The van der Waals surface area contributed by atoms with Gasteiger partial charge < -0.3 is 19.7 Å². The summed E-state index contributed by atoms with van der Waals surface area (Å²) in [7, 11) is 1.75. The van der Waals surface area contributed by atoms with E-state index in [9.17, 15) is 4.39 Å². The number of morpholine rings is 1. The monoisotopic (exact) mass is 399 g/mol. The van der Waals surface area contributed by atoms with Crippen LogP contribution in [0.15, 0.2) is 27.7 Å². The third-order valence-electron chi connectivity index (χ3n) is 4.44. The number of hydrogen-bond acceptors (Lipinski definition) is 3. The second-order valence-corrected chi connectivity index (χ2v) is 6.96. The molecule has 1 aromatic carbocycles. The van der Waals surface area contributed by atoms with Gasteiger partial charge in [-0.2, -0.15) is 0 Å². The third kappa shape index (κ3) is 4.26. The van der Waals surface area contributed by atoms with Gasteiger partial charge in [0.2, 0.25) is 0 Å². The molecule has 5 nitrogen and oxygen atoms in total. The number of rotatable bonds is 3. The molecule has 2 atom stereocenters. The van der Waals surface area contributed by atoms with E-state index in [2.05, 4.69) is 31.1 Å². The normalized spacial score (nSPS) is 25.1. The summed E-state index contributed by atoms with van der Waals surface area (Å²) in [4.78, 5) is 6.50. The smallest absolute Gasteiger partial charge is 0.194 e. The summed E-state index contributed by atoms with van der Waals surface area (Å²) in [5.74, 6) is 0.537. The number of hydrogen-bond donors (Lipinski definition) is 1. The summed E-state index contributed by atoms with van der Waals surface area (Å²) in [6, 6.07) is 5.08. The summed E-state index contributed by atoms with van der Waals surface area (Å²) in [5.41, 5.74) is 0.614. The van der Waals surface area contributed by atoms with Gasteiger partial charge in [0, 0.05) is 43.3 Å². The molecule has 2 unspecified atom stereocenters. The summed E-state index contributed by atoms with van der Waals surface area (Å²) >= 11 is 3.27. The van der Waals surface area contributed by atoms with Crippen LogP contribution in [0.5, 0.6) is 0 Å². The zero-order chi connectivity index (χ0) is 16.9. The molecule has 2 saturated heterocycles. The van der Waals surface area contributed by atoms with Crippen molar-refractivity contribution in [2.45, 2.75) is 31.6 Å². The first kappa shape index (κ1) is 17.6. The van der Waals surface area contributed by atoms with Crippen molar-refractivity contribution in [3.63, 3.8) is 0 Å². The quantitative estimate of drug-likeness (QED) is 0.626. The molecule has 0 aromatic heterocycles. The van der Waals surface area contributed by atoms with Crippen molar-refractivity contribution in [1.82, 2.24) is 10.2 Å². The Morgan fingerprint density at radius 1 is 1.38 bits per heavy atom. The van der Waals surface area contributed by atoms with Gasteiger partial charge in [0.15, 0.2) is 5.96 Å². The van der Waals surface area contributed by atoms with Crippen molar-refractivity contribution in [3.8, 4) is 0 Å². The highest BCUT2D eigenvalue weighted by Crippen LogP contribution is 2.21. The Bertz CT molecular complexity index is 593. The summed E-state index contributed by atoms with van der Waals surface area (Å²) in [5, 5.41) is 3.25. The van der Waals surface area contributed by atoms with E-state index < -0.39 is 0 Å². The van der Waals surface area contributed by atoms with Gasteiger partial charge in [-0.3, -0.25) is 4.99 Å². The molecule has 0 saturated carbocycles. The van der Waals surface area contributed by atoms with Gasteiger partial charge in [-0.05, 0) is 25.0 Å². The molecule has 132 valence electrons. The van der Waals surface area contributed by atoms with Gasteiger partial charge in [0.25, 0.3) is 0 Å². The van der Waals surface area contributed by atoms with E-state index in [-0.39, 0.29) is 18.0 Å². The van der Waals surface area contributed by atoms with E-state index in [1.165, 1.54) is 6.07 Å². The molecule has 2 aliphatic heterocycles. The molecule has 2 heterocycles. The Morgan fingerprint density at radius 3 is 2.92 bits per heavy atom. The maximum atomic E-state index is 14.0. The van der Waals surface area contributed by atoms with Crippen LogP contribution in [0.2, 0.25) is 0 Å². The highest BCUT2D eigenvalue weighted by atomic mass is 79.9. The van der Waals surface area contributed by atoms with Crippen LogP contribution in [0.3, 0.4) is 0 Å². The molecule has 1 aromatic rings. The van der Waals surface area contributed by atoms with E-state index >= 15 is 0 Å². The molecule has 7 heteroatoms. The van der Waals surface area contributed by atoms with Crippen LogP contribution in [0.4, 0.5) is 4.39 Å². The SMILES string of the molecule is CN=C(NCc1ccc(Br)cc1F)N1CCOC(C2CCCO2)C1. The fraction of sp³-hybridized carbons (Fsp3) is 0.588. The number of guanidine groups is 1. The average molecular weight is 400 g/mol. The number of halogens is 2. The van der Waals surface area contributed by atoms with Gasteiger partial charge in [-0.15, -0.1) is 0 Å². The number of benzene rings is 1. The Morgan fingerprint density at radius 2 is 2.21 bits per heavy atom. The molecule has 2 aliphatic rings. The molecular weight excluding hydrogens is 377 g/mol. The van der Waals surface area contributed by atoms with Crippen LogP contribution in [-0.2, 0) is 16.0 Å². The van der Waals surface area contributed by atoms with Crippen molar-refractivity contribution in [2.75, 3.05) is 33.4 Å². The predicted molar refractivity (Wildman–Crippen MR) is 94.6 cm³/mol. The number of aliphatic imine (C=N–C) groups is 1. The lowest BCUT2D eigenvalue weighted by atomic mass is 10.1. The number of nitrogens with zero attached hydrogens (tertiary/aromatic N) is 2. The molecule has 0 amide bonds. The van der Waals surface area contributed by atoms with E-state index in [1.807, 2.05) is 6.07 Å². The van der Waals surface area contributed by atoms with Crippen molar-refractivity contribution in [3.05, 3.63) is 34.1 Å². The van der Waals surface area contributed by atoms with Crippen LogP contribution >= 0.6 is 15.9 Å². The maximum Gasteiger partial charge on any atom is 0.194 e. The van der Waals surface area contributed by atoms with Crippen molar-refractivity contribution in [2.24, 2.45) is 4.99 Å². The van der Waals surface area contributed by atoms with Gasteiger partial charge >= 0.3 is 0 Å². The van der Waals surface area contributed by atoms with E-state index in [1.54, 1.807) is 13.1 Å². The van der Waals surface area contributed by atoms with Crippen LogP contribution in [0, 0.1) is 5.82 Å². The van der Waals surface area contributed by atoms with E-state index in [0.29, 0.717) is 18.7 Å². The number of nitrogens with one attached hydrogen (secondary N) is 1. The van der Waals surface area contributed by atoms with Gasteiger partial charge in [0.05, 0.1) is 12.7 Å². The molecular formula is C17H23BrFN3O2. The van der Waals surface area contributed by atoms with Crippen LogP contribution < -0.4 is 5.32 Å². The standard InChI is InChI=1S/C17H23BrFN3O2/c1-20-17(21-10-12-4-5-13(18)9-14(12)19)22-6-8-24-16(11-22)15-3-2-7-23-15/h4-5,9,15-16H,2-3,6-8,10-11H2,1H3,(H,20,21). The molecule has 1 N–H and O–H groups in total. The van der Waals surface area contributed by atoms with Gasteiger partial charge in [-0.1, -0.05) is 22.0 Å². The Hall–Kier alpha value is -1.18. The van der Waals surface area contributed by atoms with E-state index in [0.717, 1.165) is 43.0 Å². The summed E-state index contributed by atoms with van der Waals surface area (Å²) in [6.45, 7) is 3.38. The molecule has 0 spiro atoms. The van der Waals surface area contributed by atoms with E-state index in [4.69, 9.17) is 9.47 Å². The molecule has 0 bridgehead atoms. The lowest BCUT2D eigenvalue weighted by Gasteiger charge is -2.37. The number of ether oxygens (including phenoxy) is 2. The molecule has 3 rings (SSSR count). The first-order valence-corrected chi connectivity index (χ1v) is 9.09. The Labute approximate surface area is 150 Å². The topological polar surface area (TPSA) is 46.1 Å².